The van der Waals surface area contributed by atoms with Crippen LogP contribution in [0.2, 0.25) is 0 Å². The van der Waals surface area contributed by atoms with E-state index in [1.165, 1.54) is 12.1 Å². The minimum Gasteiger partial charge on any atom is -0.472 e. The summed E-state index contributed by atoms with van der Waals surface area (Å²) >= 11 is 0. The SMILES string of the molecule is CCOCC(C)Oc1ccc(S(=O)(=O)Cl)cn1. The lowest BCUT2D eigenvalue weighted by molar-refractivity contribution is 0.0633. The van der Waals surface area contributed by atoms with Crippen LogP contribution in [0.5, 0.6) is 5.88 Å². The van der Waals surface area contributed by atoms with Gasteiger partial charge in [0, 0.05) is 23.4 Å². The lowest BCUT2D eigenvalue weighted by Gasteiger charge is -2.13. The number of aromatic nitrogens is 1. The van der Waals surface area contributed by atoms with Gasteiger partial charge in [-0.05, 0) is 19.9 Å². The van der Waals surface area contributed by atoms with Gasteiger partial charge in [0.1, 0.15) is 11.0 Å². The number of hydrogen-bond donors (Lipinski definition) is 0. The predicted octanol–water partition coefficient (Wildman–Crippen LogP) is 1.81. The van der Waals surface area contributed by atoms with Gasteiger partial charge < -0.3 is 9.47 Å². The van der Waals surface area contributed by atoms with Gasteiger partial charge in [0.15, 0.2) is 0 Å². The van der Waals surface area contributed by atoms with E-state index in [4.69, 9.17) is 20.2 Å². The number of pyridine rings is 1. The van der Waals surface area contributed by atoms with Gasteiger partial charge in [-0.1, -0.05) is 0 Å². The molecule has 0 aromatic carbocycles. The Morgan fingerprint density at radius 3 is 2.65 bits per heavy atom. The summed E-state index contributed by atoms with van der Waals surface area (Å²) in [5.74, 6) is 0.335. The molecule has 0 fully saturated rings. The first kappa shape index (κ1) is 14.2. The van der Waals surface area contributed by atoms with E-state index in [0.717, 1.165) is 6.20 Å². The Hall–Kier alpha value is -0.850. The van der Waals surface area contributed by atoms with Crippen LogP contribution < -0.4 is 4.74 Å². The van der Waals surface area contributed by atoms with E-state index in [9.17, 15) is 8.42 Å². The molecule has 1 atom stereocenters. The smallest absolute Gasteiger partial charge is 0.262 e. The van der Waals surface area contributed by atoms with Crippen molar-refractivity contribution in [1.29, 1.82) is 0 Å². The molecule has 0 amide bonds. The molecule has 0 aliphatic carbocycles. The Balaban J connectivity index is 2.63. The van der Waals surface area contributed by atoms with Gasteiger partial charge in [-0.15, -0.1) is 0 Å². The minimum absolute atomic E-state index is 0.0519. The van der Waals surface area contributed by atoms with E-state index in [1.807, 2.05) is 13.8 Å². The number of nitrogens with zero attached hydrogens (tertiary/aromatic N) is 1. The standard InChI is InChI=1S/C10H14ClNO4S/c1-3-15-7-8(2)16-10-5-4-9(6-12-10)17(11,13)14/h4-6,8H,3,7H2,1-2H3. The average Bonchev–Trinajstić information content (AvgIpc) is 2.26. The summed E-state index contributed by atoms with van der Waals surface area (Å²) < 4.78 is 32.5. The molecule has 0 radical (unpaired) electrons. The Morgan fingerprint density at radius 2 is 2.18 bits per heavy atom. The summed E-state index contributed by atoms with van der Waals surface area (Å²) in [4.78, 5) is 3.80. The molecule has 0 saturated heterocycles. The molecule has 0 aliphatic rings. The average molecular weight is 280 g/mol. The van der Waals surface area contributed by atoms with Gasteiger partial charge >= 0.3 is 0 Å². The van der Waals surface area contributed by atoms with E-state index < -0.39 is 9.05 Å². The van der Waals surface area contributed by atoms with Crippen LogP contribution >= 0.6 is 10.7 Å². The van der Waals surface area contributed by atoms with Gasteiger partial charge in [0.05, 0.1) is 12.8 Å². The van der Waals surface area contributed by atoms with Crippen molar-refractivity contribution in [1.82, 2.24) is 4.98 Å². The van der Waals surface area contributed by atoms with Crippen molar-refractivity contribution < 1.29 is 17.9 Å². The summed E-state index contributed by atoms with van der Waals surface area (Å²) in [6, 6.07) is 2.80. The molecule has 0 spiro atoms. The van der Waals surface area contributed by atoms with Crippen molar-refractivity contribution >= 4 is 19.7 Å². The fraction of sp³-hybridized carbons (Fsp3) is 0.500. The van der Waals surface area contributed by atoms with Crippen LogP contribution in [0.15, 0.2) is 23.2 Å². The molecule has 1 aromatic rings. The minimum atomic E-state index is -3.73. The van der Waals surface area contributed by atoms with E-state index in [0.29, 0.717) is 19.1 Å². The summed E-state index contributed by atoms with van der Waals surface area (Å²) in [6.07, 6.45) is 1.01. The van der Waals surface area contributed by atoms with Crippen LogP contribution in [-0.2, 0) is 13.8 Å². The lowest BCUT2D eigenvalue weighted by Crippen LogP contribution is -2.19. The highest BCUT2D eigenvalue weighted by atomic mass is 35.7. The molecule has 1 heterocycles. The van der Waals surface area contributed by atoms with Gasteiger partial charge in [0.2, 0.25) is 5.88 Å². The van der Waals surface area contributed by atoms with Crippen molar-refractivity contribution in [3.05, 3.63) is 18.3 Å². The van der Waals surface area contributed by atoms with E-state index >= 15 is 0 Å². The zero-order valence-electron chi connectivity index (χ0n) is 9.59. The summed E-state index contributed by atoms with van der Waals surface area (Å²) in [6.45, 7) is 4.80. The van der Waals surface area contributed by atoms with Gasteiger partial charge in [-0.3, -0.25) is 0 Å². The van der Waals surface area contributed by atoms with Crippen LogP contribution in [0, 0.1) is 0 Å². The summed E-state index contributed by atoms with van der Waals surface area (Å²) in [5.41, 5.74) is 0. The van der Waals surface area contributed by atoms with Gasteiger partial charge in [-0.2, -0.15) is 0 Å². The molecule has 0 aliphatic heterocycles. The second-order valence-electron chi connectivity index (χ2n) is 3.36. The molecule has 1 aromatic heterocycles. The molecular weight excluding hydrogens is 266 g/mol. The molecule has 0 saturated carbocycles. The highest BCUT2D eigenvalue weighted by Crippen LogP contribution is 2.16. The largest absolute Gasteiger partial charge is 0.472 e. The highest BCUT2D eigenvalue weighted by molar-refractivity contribution is 8.13. The molecule has 17 heavy (non-hydrogen) atoms. The van der Waals surface area contributed by atoms with Crippen LogP contribution in [0.25, 0.3) is 0 Å². The Labute approximate surface area is 105 Å². The maximum absolute atomic E-state index is 11.0. The Morgan fingerprint density at radius 1 is 1.47 bits per heavy atom. The fourth-order valence-electron chi connectivity index (χ4n) is 1.10. The second-order valence-corrected chi connectivity index (χ2v) is 5.92. The monoisotopic (exact) mass is 279 g/mol. The lowest BCUT2D eigenvalue weighted by atomic mass is 10.4. The number of halogens is 1. The first-order chi connectivity index (χ1) is 7.93. The second kappa shape index (κ2) is 6.18. The third kappa shape index (κ3) is 4.89. The molecule has 5 nitrogen and oxygen atoms in total. The normalized spacial score (nSPS) is 13.4. The summed E-state index contributed by atoms with van der Waals surface area (Å²) in [7, 11) is 1.42. The third-order valence-electron chi connectivity index (χ3n) is 1.87. The van der Waals surface area contributed by atoms with E-state index in [2.05, 4.69) is 4.98 Å². The molecule has 7 heteroatoms. The van der Waals surface area contributed by atoms with Crippen molar-refractivity contribution in [2.24, 2.45) is 0 Å². The maximum Gasteiger partial charge on any atom is 0.262 e. The third-order valence-corrected chi connectivity index (χ3v) is 3.21. The fourth-order valence-corrected chi connectivity index (χ4v) is 1.79. The van der Waals surface area contributed by atoms with Crippen molar-refractivity contribution in [2.75, 3.05) is 13.2 Å². The molecule has 0 N–H and O–H groups in total. The topological polar surface area (TPSA) is 65.5 Å². The predicted molar refractivity (Wildman–Crippen MR) is 63.9 cm³/mol. The van der Waals surface area contributed by atoms with Crippen molar-refractivity contribution in [2.45, 2.75) is 24.8 Å². The van der Waals surface area contributed by atoms with Gasteiger partial charge in [-0.25, -0.2) is 13.4 Å². The van der Waals surface area contributed by atoms with E-state index in [-0.39, 0.29) is 11.0 Å². The van der Waals surface area contributed by atoms with Crippen molar-refractivity contribution in [3.8, 4) is 5.88 Å². The van der Waals surface area contributed by atoms with Crippen molar-refractivity contribution in [3.63, 3.8) is 0 Å². The molecule has 1 rings (SSSR count). The molecule has 0 bridgehead atoms. The Bertz CT molecular complexity index is 446. The first-order valence-electron chi connectivity index (χ1n) is 5.08. The zero-order chi connectivity index (χ0) is 12.9. The molecule has 96 valence electrons. The quantitative estimate of drug-likeness (QED) is 0.743. The van der Waals surface area contributed by atoms with Crippen LogP contribution in [0.4, 0.5) is 0 Å². The Kier molecular flexibility index (Phi) is 5.17. The van der Waals surface area contributed by atoms with Crippen LogP contribution in [0.3, 0.4) is 0 Å². The summed E-state index contributed by atoms with van der Waals surface area (Å²) in [5, 5.41) is 0. The van der Waals surface area contributed by atoms with Crippen LogP contribution in [0.1, 0.15) is 13.8 Å². The van der Waals surface area contributed by atoms with E-state index in [1.54, 1.807) is 0 Å². The van der Waals surface area contributed by atoms with Gasteiger partial charge in [0.25, 0.3) is 9.05 Å². The zero-order valence-corrected chi connectivity index (χ0v) is 11.2. The number of ether oxygens (including phenoxy) is 2. The maximum atomic E-state index is 11.0. The number of rotatable bonds is 6. The molecule has 1 unspecified atom stereocenters. The number of hydrogen-bond acceptors (Lipinski definition) is 5. The molecular formula is C10H14ClNO4S. The highest BCUT2D eigenvalue weighted by Gasteiger charge is 2.11. The first-order valence-corrected chi connectivity index (χ1v) is 7.39. The van der Waals surface area contributed by atoms with Crippen LogP contribution in [-0.4, -0.2) is 32.7 Å².